The Kier molecular flexibility index (Phi) is 2.82. The van der Waals surface area contributed by atoms with E-state index in [2.05, 4.69) is 25.7 Å². The molecular formula is C5H4BrNO2S. The number of aromatic nitrogens is 1. The molecule has 0 atom stereocenters. The molecule has 1 rings (SSSR count). The van der Waals surface area contributed by atoms with Crippen LogP contribution >= 0.6 is 27.3 Å². The highest BCUT2D eigenvalue weighted by atomic mass is 79.9. The Labute approximate surface area is 70.2 Å². The van der Waals surface area contributed by atoms with Gasteiger partial charge >= 0.3 is 5.97 Å². The zero-order valence-electron chi connectivity index (χ0n) is 4.91. The average Bonchev–Trinajstić information content (AvgIpc) is 2.38. The van der Waals surface area contributed by atoms with E-state index in [9.17, 15) is 4.79 Å². The van der Waals surface area contributed by atoms with Gasteiger partial charge in [-0.2, -0.15) is 0 Å². The van der Waals surface area contributed by atoms with Crippen molar-refractivity contribution in [3.63, 3.8) is 0 Å². The monoisotopic (exact) mass is 221 g/mol. The van der Waals surface area contributed by atoms with Gasteiger partial charge in [0.1, 0.15) is 5.52 Å². The van der Waals surface area contributed by atoms with E-state index in [0.717, 1.165) is 0 Å². The third-order valence-corrected chi connectivity index (χ3v) is 1.77. The van der Waals surface area contributed by atoms with E-state index in [0.29, 0.717) is 5.01 Å². The molecule has 0 unspecified atom stereocenters. The molecule has 5 heteroatoms. The van der Waals surface area contributed by atoms with Crippen molar-refractivity contribution in [3.05, 3.63) is 16.6 Å². The largest absolute Gasteiger partial charge is 0.449 e. The van der Waals surface area contributed by atoms with Crippen molar-refractivity contribution in [2.24, 2.45) is 0 Å². The Hall–Kier alpha value is -0.420. The van der Waals surface area contributed by atoms with Crippen LogP contribution < -0.4 is 0 Å². The summed E-state index contributed by atoms with van der Waals surface area (Å²) in [6.07, 6.45) is 1.56. The lowest BCUT2D eigenvalue weighted by molar-refractivity contribution is 0.0583. The summed E-state index contributed by atoms with van der Waals surface area (Å²) in [5, 5.41) is 2.12. The fraction of sp³-hybridized carbons (Fsp3) is 0.200. The van der Waals surface area contributed by atoms with Gasteiger partial charge in [0.05, 0.1) is 0 Å². The van der Waals surface area contributed by atoms with Gasteiger partial charge in [0.25, 0.3) is 0 Å². The van der Waals surface area contributed by atoms with Gasteiger partial charge in [-0.25, -0.2) is 9.78 Å². The van der Waals surface area contributed by atoms with E-state index >= 15 is 0 Å². The Morgan fingerprint density at radius 1 is 1.90 bits per heavy atom. The van der Waals surface area contributed by atoms with Crippen LogP contribution in [0.1, 0.15) is 9.80 Å². The molecule has 1 aromatic rings. The summed E-state index contributed by atoms with van der Waals surface area (Å²) in [6, 6.07) is 0. The number of alkyl halides is 1. The molecule has 0 spiro atoms. The lowest BCUT2D eigenvalue weighted by Gasteiger charge is -1.93. The smallest absolute Gasteiger partial charge is 0.368 e. The fourth-order valence-electron chi connectivity index (χ4n) is 0.436. The van der Waals surface area contributed by atoms with Gasteiger partial charge in [-0.3, -0.25) is 0 Å². The summed E-state index contributed by atoms with van der Waals surface area (Å²) < 4.78 is 4.61. The molecule has 0 aromatic carbocycles. The van der Waals surface area contributed by atoms with Crippen LogP contribution in [0.3, 0.4) is 0 Å². The minimum absolute atomic E-state index is 0.214. The topological polar surface area (TPSA) is 39.2 Å². The number of hydrogen-bond acceptors (Lipinski definition) is 4. The first-order valence-corrected chi connectivity index (χ1v) is 4.47. The molecule has 0 aliphatic heterocycles. The summed E-state index contributed by atoms with van der Waals surface area (Å²) in [7, 11) is 0. The van der Waals surface area contributed by atoms with E-state index in [4.69, 9.17) is 0 Å². The molecule has 0 radical (unpaired) electrons. The van der Waals surface area contributed by atoms with Crippen LogP contribution in [0, 0.1) is 0 Å². The van der Waals surface area contributed by atoms with E-state index in [1.54, 1.807) is 11.6 Å². The molecule has 0 amide bonds. The van der Waals surface area contributed by atoms with Gasteiger partial charge in [-0.1, -0.05) is 0 Å². The summed E-state index contributed by atoms with van der Waals surface area (Å²) >= 11 is 4.23. The number of carbonyl (C=O) groups excluding carboxylic acids is 1. The minimum atomic E-state index is -0.383. The maximum atomic E-state index is 10.8. The average molecular weight is 222 g/mol. The number of ether oxygens (including phenoxy) is 1. The van der Waals surface area contributed by atoms with E-state index in [-0.39, 0.29) is 11.5 Å². The Bertz CT molecular complexity index is 211. The van der Waals surface area contributed by atoms with Gasteiger partial charge in [0.15, 0.2) is 0 Å². The van der Waals surface area contributed by atoms with Crippen LogP contribution in [0.25, 0.3) is 0 Å². The molecule has 0 saturated carbocycles. The maximum Gasteiger partial charge on any atom is 0.368 e. The molecular weight excluding hydrogens is 218 g/mol. The number of rotatable bonds is 2. The van der Waals surface area contributed by atoms with Gasteiger partial charge in [0, 0.05) is 11.6 Å². The molecule has 1 aromatic heterocycles. The second kappa shape index (κ2) is 3.68. The van der Waals surface area contributed by atoms with Crippen molar-refractivity contribution >= 4 is 33.2 Å². The third-order valence-electron chi connectivity index (χ3n) is 0.793. The number of nitrogens with zero attached hydrogens (tertiary/aromatic N) is 1. The molecule has 0 bridgehead atoms. The number of carbonyl (C=O) groups is 1. The minimum Gasteiger partial charge on any atom is -0.449 e. The van der Waals surface area contributed by atoms with Crippen LogP contribution in [0.2, 0.25) is 0 Å². The Balaban J connectivity index is 2.59. The highest BCUT2D eigenvalue weighted by Gasteiger charge is 2.07. The lowest BCUT2D eigenvalue weighted by Crippen LogP contribution is -2.01. The first-order chi connectivity index (χ1) is 4.84. The highest BCUT2D eigenvalue weighted by molar-refractivity contribution is 9.09. The molecule has 0 saturated heterocycles. The normalized spacial score (nSPS) is 9.30. The summed E-state index contributed by atoms with van der Waals surface area (Å²) in [5.74, 6) is -0.383. The molecule has 10 heavy (non-hydrogen) atoms. The Morgan fingerprint density at radius 3 is 3.20 bits per heavy atom. The predicted molar refractivity (Wildman–Crippen MR) is 41.3 cm³/mol. The molecule has 3 nitrogen and oxygen atoms in total. The molecule has 54 valence electrons. The van der Waals surface area contributed by atoms with Crippen molar-refractivity contribution in [1.29, 1.82) is 0 Å². The van der Waals surface area contributed by atoms with Gasteiger partial charge in [0.2, 0.25) is 5.01 Å². The van der Waals surface area contributed by atoms with Crippen LogP contribution in [0.5, 0.6) is 0 Å². The molecule has 0 N–H and O–H groups in total. The van der Waals surface area contributed by atoms with Crippen molar-refractivity contribution < 1.29 is 9.53 Å². The van der Waals surface area contributed by atoms with Crippen molar-refractivity contribution in [3.8, 4) is 0 Å². The first kappa shape index (κ1) is 7.68. The second-order valence-electron chi connectivity index (χ2n) is 1.38. The third kappa shape index (κ3) is 1.78. The molecule has 0 aliphatic rings. The van der Waals surface area contributed by atoms with E-state index in [1.807, 2.05) is 0 Å². The van der Waals surface area contributed by atoms with Crippen LogP contribution in [-0.4, -0.2) is 16.5 Å². The first-order valence-electron chi connectivity index (χ1n) is 2.47. The zero-order valence-corrected chi connectivity index (χ0v) is 7.31. The number of esters is 1. The van der Waals surface area contributed by atoms with E-state index in [1.165, 1.54) is 11.3 Å². The van der Waals surface area contributed by atoms with Gasteiger partial charge < -0.3 is 4.74 Å². The standard InChI is InChI=1S/C5H4BrNO2S/c6-3-9-5(8)4-7-1-2-10-4/h1-2H,3H2. The zero-order chi connectivity index (χ0) is 7.40. The van der Waals surface area contributed by atoms with Crippen molar-refractivity contribution in [2.75, 3.05) is 5.52 Å². The van der Waals surface area contributed by atoms with Crippen LogP contribution in [0.4, 0.5) is 0 Å². The van der Waals surface area contributed by atoms with Crippen LogP contribution in [0.15, 0.2) is 11.6 Å². The van der Waals surface area contributed by atoms with E-state index < -0.39 is 0 Å². The fourth-order valence-corrected chi connectivity index (χ4v) is 1.17. The van der Waals surface area contributed by atoms with Crippen LogP contribution in [-0.2, 0) is 4.74 Å². The second-order valence-corrected chi connectivity index (χ2v) is 2.73. The SMILES string of the molecule is O=C(OCBr)c1nccs1. The molecule has 1 heterocycles. The van der Waals surface area contributed by atoms with Crippen molar-refractivity contribution in [1.82, 2.24) is 4.98 Å². The number of halogens is 1. The summed E-state index contributed by atoms with van der Waals surface area (Å²) in [6.45, 7) is 0. The quantitative estimate of drug-likeness (QED) is 0.564. The maximum absolute atomic E-state index is 10.8. The van der Waals surface area contributed by atoms with Crippen molar-refractivity contribution in [2.45, 2.75) is 0 Å². The summed E-state index contributed by atoms with van der Waals surface area (Å²) in [4.78, 5) is 14.6. The summed E-state index contributed by atoms with van der Waals surface area (Å²) in [5.41, 5.74) is 0.214. The van der Waals surface area contributed by atoms with Gasteiger partial charge in [-0.05, 0) is 15.9 Å². The molecule has 0 fully saturated rings. The molecule has 0 aliphatic carbocycles. The predicted octanol–water partition coefficient (Wildman–Crippen LogP) is 1.65. The van der Waals surface area contributed by atoms with Gasteiger partial charge in [-0.15, -0.1) is 11.3 Å². The Morgan fingerprint density at radius 2 is 2.70 bits per heavy atom. The lowest BCUT2D eigenvalue weighted by atomic mass is 10.7. The number of hydrogen-bond donors (Lipinski definition) is 0. The highest BCUT2D eigenvalue weighted by Crippen LogP contribution is 2.05. The number of thiazole rings is 1.